The predicted molar refractivity (Wildman–Crippen MR) is 89.8 cm³/mol. The number of sulfone groups is 1. The molecule has 2 aromatic carbocycles. The first-order chi connectivity index (χ1) is 12.2. The molecule has 0 amide bonds. The number of para-hydroxylation sites is 1. The van der Waals surface area contributed by atoms with Crippen LogP contribution in [-0.2, 0) is 16.0 Å². The molecule has 1 aliphatic heterocycles. The van der Waals surface area contributed by atoms with Gasteiger partial charge in [-0.05, 0) is 29.8 Å². The summed E-state index contributed by atoms with van der Waals surface area (Å²) in [5, 5.41) is 10.7. The first-order valence-corrected chi connectivity index (χ1v) is 8.94. The van der Waals surface area contributed by atoms with E-state index in [4.69, 9.17) is 0 Å². The Kier molecular flexibility index (Phi) is 3.39. The highest BCUT2D eigenvalue weighted by atomic mass is 32.2. The zero-order valence-electron chi connectivity index (χ0n) is 12.9. The summed E-state index contributed by atoms with van der Waals surface area (Å²) in [4.78, 5) is 3.53. The Hall–Kier alpha value is -2.87. The topological polar surface area (TPSA) is 67.3 Å². The molecule has 0 atom stereocenters. The molecule has 3 aromatic rings. The van der Waals surface area contributed by atoms with Crippen LogP contribution in [0.2, 0.25) is 0 Å². The zero-order chi connectivity index (χ0) is 18.7. The Morgan fingerprint density at radius 2 is 1.69 bits per heavy atom. The van der Waals surface area contributed by atoms with Crippen LogP contribution >= 0.6 is 0 Å². The van der Waals surface area contributed by atoms with Gasteiger partial charge in [0.05, 0.1) is 16.6 Å². The van der Waals surface area contributed by atoms with Crippen molar-refractivity contribution in [3.05, 3.63) is 71.3 Å². The molecule has 132 valence electrons. The van der Waals surface area contributed by atoms with Crippen molar-refractivity contribution in [1.82, 2.24) is 4.98 Å². The molecule has 0 saturated carbocycles. The van der Waals surface area contributed by atoms with Crippen molar-refractivity contribution < 1.29 is 26.7 Å². The normalized spacial score (nSPS) is 16.1. The summed E-state index contributed by atoms with van der Waals surface area (Å²) in [6.45, 7) is 0. The van der Waals surface area contributed by atoms with Gasteiger partial charge in [0.1, 0.15) is 10.7 Å². The van der Waals surface area contributed by atoms with Crippen LogP contribution in [0.3, 0.4) is 0 Å². The number of hydrogen-bond donors (Lipinski definition) is 1. The van der Waals surface area contributed by atoms with Crippen molar-refractivity contribution in [2.45, 2.75) is 11.2 Å². The van der Waals surface area contributed by atoms with E-state index in [2.05, 4.69) is 4.98 Å². The molecule has 8 heteroatoms. The van der Waals surface area contributed by atoms with E-state index in [0.717, 1.165) is 12.1 Å². The number of aliphatic hydroxyl groups is 1. The minimum atomic E-state index is -4.63. The van der Waals surface area contributed by atoms with Crippen molar-refractivity contribution in [3.8, 4) is 0 Å². The predicted octanol–water partition coefficient (Wildman–Crippen LogP) is 4.42. The highest BCUT2D eigenvalue weighted by Crippen LogP contribution is 2.44. The van der Waals surface area contributed by atoms with E-state index < -0.39 is 32.2 Å². The van der Waals surface area contributed by atoms with E-state index in [1.54, 1.807) is 24.3 Å². The van der Waals surface area contributed by atoms with Crippen LogP contribution in [0.4, 0.5) is 13.2 Å². The number of halogens is 3. The second-order valence-corrected chi connectivity index (χ2v) is 7.60. The van der Waals surface area contributed by atoms with Gasteiger partial charge in [0.2, 0.25) is 9.84 Å². The molecular weight excluding hydrogens is 367 g/mol. The quantitative estimate of drug-likeness (QED) is 0.682. The van der Waals surface area contributed by atoms with Crippen molar-refractivity contribution in [2.75, 3.05) is 0 Å². The standard InChI is InChI=1S/C18H10F3NO3S/c19-18(20,21)12-6-3-5-11(8-12)16-15(23)13-9-10-4-1-2-7-14(10)22-17(13)26(16,24)25/h1-9,23H. The molecule has 0 saturated heterocycles. The summed E-state index contributed by atoms with van der Waals surface area (Å²) in [6, 6.07) is 12.0. The molecule has 1 aromatic heterocycles. The van der Waals surface area contributed by atoms with Crippen molar-refractivity contribution in [2.24, 2.45) is 0 Å². The number of pyridine rings is 1. The summed E-state index contributed by atoms with van der Waals surface area (Å²) in [7, 11) is -4.25. The lowest BCUT2D eigenvalue weighted by molar-refractivity contribution is -0.137. The molecule has 0 bridgehead atoms. The molecule has 1 aliphatic rings. The number of aromatic nitrogens is 1. The lowest BCUT2D eigenvalue weighted by Crippen LogP contribution is -2.07. The largest absolute Gasteiger partial charge is 0.506 e. The molecule has 1 N–H and O–H groups in total. The second kappa shape index (κ2) is 5.31. The summed E-state index contributed by atoms with van der Waals surface area (Å²) in [6.07, 6.45) is -4.63. The monoisotopic (exact) mass is 377 g/mol. The minimum Gasteiger partial charge on any atom is -0.506 e. The molecule has 0 radical (unpaired) electrons. The molecule has 2 heterocycles. The second-order valence-electron chi connectivity index (χ2n) is 5.79. The van der Waals surface area contributed by atoms with Crippen LogP contribution in [0.25, 0.3) is 21.6 Å². The lowest BCUT2D eigenvalue weighted by Gasteiger charge is -2.09. The summed E-state index contributed by atoms with van der Waals surface area (Å²) in [5.74, 6) is -0.599. The maximum atomic E-state index is 13.0. The molecule has 4 rings (SSSR count). The van der Waals surface area contributed by atoms with Gasteiger partial charge >= 0.3 is 6.18 Å². The van der Waals surface area contributed by atoms with Crippen LogP contribution in [0.5, 0.6) is 0 Å². The zero-order valence-corrected chi connectivity index (χ0v) is 13.8. The SMILES string of the molecule is O=S1(=O)C(c2cccc(C(F)(F)F)c2)=C(O)c2cc3ccccc3nc21. The average Bonchev–Trinajstić information content (AvgIpc) is 2.78. The van der Waals surface area contributed by atoms with Gasteiger partial charge in [-0.25, -0.2) is 13.4 Å². The number of nitrogens with zero attached hydrogens (tertiary/aromatic N) is 1. The van der Waals surface area contributed by atoms with Gasteiger partial charge in [0.25, 0.3) is 0 Å². The highest BCUT2D eigenvalue weighted by Gasteiger charge is 2.40. The van der Waals surface area contributed by atoms with E-state index in [0.29, 0.717) is 17.0 Å². The fraction of sp³-hybridized carbons (Fsp3) is 0.0556. The van der Waals surface area contributed by atoms with Crippen molar-refractivity contribution >= 4 is 31.4 Å². The summed E-state index contributed by atoms with van der Waals surface area (Å²) in [5.41, 5.74) is -0.844. The van der Waals surface area contributed by atoms with Gasteiger partial charge in [0, 0.05) is 5.39 Å². The Morgan fingerprint density at radius 1 is 0.962 bits per heavy atom. The molecule has 0 fully saturated rings. The molecular formula is C18H10F3NO3S. The van der Waals surface area contributed by atoms with Gasteiger partial charge in [-0.1, -0.05) is 30.3 Å². The molecule has 0 unspecified atom stereocenters. The first kappa shape index (κ1) is 16.6. The smallest absolute Gasteiger partial charge is 0.416 e. The van der Waals surface area contributed by atoms with Crippen molar-refractivity contribution in [1.29, 1.82) is 0 Å². The van der Waals surface area contributed by atoms with E-state index in [9.17, 15) is 26.7 Å². The van der Waals surface area contributed by atoms with E-state index in [1.807, 2.05) is 0 Å². The van der Waals surface area contributed by atoms with E-state index >= 15 is 0 Å². The maximum absolute atomic E-state index is 13.0. The van der Waals surface area contributed by atoms with Gasteiger partial charge < -0.3 is 5.11 Å². The molecule has 0 aliphatic carbocycles. The number of hydrogen-bond acceptors (Lipinski definition) is 4. The van der Waals surface area contributed by atoms with Gasteiger partial charge in [-0.15, -0.1) is 0 Å². The summed E-state index contributed by atoms with van der Waals surface area (Å²) >= 11 is 0. The molecule has 4 nitrogen and oxygen atoms in total. The third-order valence-corrected chi connectivity index (χ3v) is 5.92. The van der Waals surface area contributed by atoms with E-state index in [1.165, 1.54) is 12.1 Å². The van der Waals surface area contributed by atoms with E-state index in [-0.39, 0.29) is 16.2 Å². The number of benzene rings is 2. The Balaban J connectivity index is 1.98. The maximum Gasteiger partial charge on any atom is 0.416 e. The van der Waals surface area contributed by atoms with Crippen molar-refractivity contribution in [3.63, 3.8) is 0 Å². The fourth-order valence-corrected chi connectivity index (χ4v) is 4.61. The fourth-order valence-electron chi connectivity index (χ4n) is 2.95. The number of rotatable bonds is 1. The third-order valence-electron chi connectivity index (χ3n) is 4.13. The summed E-state index contributed by atoms with van der Waals surface area (Å²) < 4.78 is 64.5. The van der Waals surface area contributed by atoms with Crippen LogP contribution < -0.4 is 0 Å². The van der Waals surface area contributed by atoms with Crippen LogP contribution in [0.15, 0.2) is 59.6 Å². The van der Waals surface area contributed by atoms with Crippen LogP contribution in [0.1, 0.15) is 16.7 Å². The number of aliphatic hydroxyl groups excluding tert-OH is 1. The van der Waals surface area contributed by atoms with Crippen LogP contribution in [0, 0.1) is 0 Å². The lowest BCUT2D eigenvalue weighted by atomic mass is 10.1. The Labute approximate surface area is 146 Å². The number of alkyl halides is 3. The Morgan fingerprint density at radius 3 is 2.42 bits per heavy atom. The molecule has 26 heavy (non-hydrogen) atoms. The van der Waals surface area contributed by atoms with Crippen LogP contribution in [-0.4, -0.2) is 18.5 Å². The average molecular weight is 377 g/mol. The number of fused-ring (bicyclic) bond motifs is 2. The van der Waals surface area contributed by atoms with Gasteiger partial charge in [-0.3, -0.25) is 0 Å². The first-order valence-electron chi connectivity index (χ1n) is 7.46. The third kappa shape index (κ3) is 2.37. The Bertz CT molecular complexity index is 1200. The minimum absolute atomic E-state index is 0.0175. The molecule has 0 spiro atoms. The van der Waals surface area contributed by atoms with Gasteiger partial charge in [0.15, 0.2) is 5.03 Å². The highest BCUT2D eigenvalue weighted by molar-refractivity contribution is 8.01. The van der Waals surface area contributed by atoms with Gasteiger partial charge in [-0.2, -0.15) is 13.2 Å².